The van der Waals surface area contributed by atoms with Crippen molar-refractivity contribution in [3.05, 3.63) is 24.5 Å². The van der Waals surface area contributed by atoms with Gasteiger partial charge in [0.15, 0.2) is 0 Å². The molecule has 0 aromatic heterocycles. The number of fused-ring (bicyclic) bond motifs is 1. The van der Waals surface area contributed by atoms with Crippen LogP contribution in [-0.4, -0.2) is 24.0 Å². The highest BCUT2D eigenvalue weighted by Crippen LogP contribution is 2.35. The molecular weight excluding hydrogens is 184 g/mol. The quantitative estimate of drug-likeness (QED) is 0.492. The van der Waals surface area contributed by atoms with E-state index in [0.29, 0.717) is 18.6 Å². The van der Waals surface area contributed by atoms with Crippen LogP contribution < -0.4 is 0 Å². The topological polar surface area (TPSA) is 55.8 Å². The van der Waals surface area contributed by atoms with Crippen LogP contribution in [0.25, 0.3) is 0 Å². The number of aliphatic hydroxyl groups excluding tert-OH is 1. The Balaban J connectivity index is 2.29. The zero-order chi connectivity index (χ0) is 10.1. The van der Waals surface area contributed by atoms with E-state index in [0.717, 1.165) is 0 Å². The van der Waals surface area contributed by atoms with Gasteiger partial charge < -0.3 is 14.6 Å². The van der Waals surface area contributed by atoms with Crippen molar-refractivity contribution in [1.82, 2.24) is 0 Å². The lowest BCUT2D eigenvalue weighted by Gasteiger charge is -2.35. The van der Waals surface area contributed by atoms with Gasteiger partial charge in [-0.25, -0.2) is 4.79 Å². The molecule has 1 fully saturated rings. The molecule has 0 spiro atoms. The lowest BCUT2D eigenvalue weighted by Crippen LogP contribution is -2.38. The molecule has 2 aliphatic rings. The zero-order valence-corrected chi connectivity index (χ0v) is 7.68. The van der Waals surface area contributed by atoms with Crippen LogP contribution in [0.1, 0.15) is 6.42 Å². The number of carbonyl (C=O) groups is 1. The molecule has 0 aromatic rings. The Kier molecular flexibility index (Phi) is 2.29. The van der Waals surface area contributed by atoms with Gasteiger partial charge in [0.2, 0.25) is 6.29 Å². The molecule has 0 aromatic carbocycles. The molecule has 14 heavy (non-hydrogen) atoms. The Hall–Kier alpha value is -1.29. The van der Waals surface area contributed by atoms with Crippen molar-refractivity contribution in [3.63, 3.8) is 0 Å². The van der Waals surface area contributed by atoms with Gasteiger partial charge in [-0.15, -0.1) is 6.58 Å². The van der Waals surface area contributed by atoms with Gasteiger partial charge in [0.1, 0.15) is 0 Å². The maximum absolute atomic E-state index is 11.3. The molecule has 3 atom stereocenters. The van der Waals surface area contributed by atoms with Gasteiger partial charge in [-0.1, -0.05) is 6.08 Å². The number of esters is 1. The fourth-order valence-corrected chi connectivity index (χ4v) is 1.92. The van der Waals surface area contributed by atoms with Crippen LogP contribution in [-0.2, 0) is 14.3 Å². The molecule has 1 unspecified atom stereocenters. The second kappa shape index (κ2) is 3.46. The van der Waals surface area contributed by atoms with Gasteiger partial charge in [-0.3, -0.25) is 0 Å². The average molecular weight is 196 g/mol. The van der Waals surface area contributed by atoms with Crippen molar-refractivity contribution in [3.8, 4) is 0 Å². The van der Waals surface area contributed by atoms with Crippen LogP contribution in [0.5, 0.6) is 0 Å². The Morgan fingerprint density at radius 3 is 3.14 bits per heavy atom. The summed E-state index contributed by atoms with van der Waals surface area (Å²) in [5, 5.41) is 9.50. The molecule has 0 bridgehead atoms. The third-order valence-electron chi connectivity index (χ3n) is 2.70. The van der Waals surface area contributed by atoms with Crippen molar-refractivity contribution in [2.24, 2.45) is 11.8 Å². The van der Waals surface area contributed by atoms with Crippen LogP contribution in [0, 0.1) is 11.8 Å². The van der Waals surface area contributed by atoms with E-state index in [1.807, 2.05) is 0 Å². The standard InChI is InChI=1S/C10H12O4/c1-2-6-7-3-4-13-10(12)8(7)5-14-9(6)11/h2,5-7,9,11H,1,3-4H2/t6?,7-,9-/m1/s1. The van der Waals surface area contributed by atoms with Gasteiger partial charge in [0.05, 0.1) is 18.4 Å². The number of ether oxygens (including phenoxy) is 2. The maximum atomic E-state index is 11.3. The zero-order valence-electron chi connectivity index (χ0n) is 7.68. The Labute approximate surface area is 81.8 Å². The summed E-state index contributed by atoms with van der Waals surface area (Å²) in [7, 11) is 0. The number of hydrogen-bond donors (Lipinski definition) is 1. The third-order valence-corrected chi connectivity index (χ3v) is 2.70. The SMILES string of the molecule is C=CC1[C@H](O)OC=C2C(=O)OCC[C@@H]21. The van der Waals surface area contributed by atoms with Gasteiger partial charge in [-0.2, -0.15) is 0 Å². The van der Waals surface area contributed by atoms with Crippen LogP contribution in [0.3, 0.4) is 0 Å². The van der Waals surface area contributed by atoms with Crippen LogP contribution in [0.15, 0.2) is 24.5 Å². The molecule has 1 N–H and O–H groups in total. The molecule has 2 aliphatic heterocycles. The summed E-state index contributed by atoms with van der Waals surface area (Å²) in [6.45, 7) is 4.03. The van der Waals surface area contributed by atoms with E-state index >= 15 is 0 Å². The number of carbonyl (C=O) groups excluding carboxylic acids is 1. The van der Waals surface area contributed by atoms with E-state index in [9.17, 15) is 9.90 Å². The van der Waals surface area contributed by atoms with Crippen molar-refractivity contribution < 1.29 is 19.4 Å². The summed E-state index contributed by atoms with van der Waals surface area (Å²) in [5.41, 5.74) is 0.506. The Morgan fingerprint density at radius 1 is 1.64 bits per heavy atom. The van der Waals surface area contributed by atoms with Crippen molar-refractivity contribution in [2.45, 2.75) is 12.7 Å². The minimum atomic E-state index is -0.896. The summed E-state index contributed by atoms with van der Waals surface area (Å²) in [5.74, 6) is -0.583. The molecule has 0 saturated carbocycles. The van der Waals surface area contributed by atoms with Crippen LogP contribution >= 0.6 is 0 Å². The highest BCUT2D eigenvalue weighted by atomic mass is 16.6. The number of cyclic esters (lactones) is 1. The minimum Gasteiger partial charge on any atom is -0.472 e. The number of aliphatic hydroxyl groups is 1. The van der Waals surface area contributed by atoms with E-state index in [2.05, 4.69) is 6.58 Å². The van der Waals surface area contributed by atoms with Crippen LogP contribution in [0.2, 0.25) is 0 Å². The van der Waals surface area contributed by atoms with Gasteiger partial charge in [-0.05, 0) is 6.42 Å². The lowest BCUT2D eigenvalue weighted by molar-refractivity contribution is -0.151. The van der Waals surface area contributed by atoms with E-state index in [1.165, 1.54) is 6.26 Å². The fraction of sp³-hybridized carbons (Fsp3) is 0.500. The van der Waals surface area contributed by atoms with E-state index in [-0.39, 0.29) is 17.8 Å². The first kappa shape index (κ1) is 9.27. The summed E-state index contributed by atoms with van der Waals surface area (Å²) >= 11 is 0. The lowest BCUT2D eigenvalue weighted by atomic mass is 9.81. The predicted octanol–water partition coefficient (Wildman–Crippen LogP) is 0.584. The molecule has 4 heteroatoms. The third kappa shape index (κ3) is 1.32. The summed E-state index contributed by atoms with van der Waals surface area (Å²) < 4.78 is 9.81. The fourth-order valence-electron chi connectivity index (χ4n) is 1.92. The molecule has 4 nitrogen and oxygen atoms in total. The average Bonchev–Trinajstić information content (AvgIpc) is 2.18. The summed E-state index contributed by atoms with van der Waals surface area (Å²) in [4.78, 5) is 11.3. The van der Waals surface area contributed by atoms with E-state index in [1.54, 1.807) is 6.08 Å². The van der Waals surface area contributed by atoms with Crippen molar-refractivity contribution >= 4 is 5.97 Å². The first-order valence-corrected chi connectivity index (χ1v) is 4.57. The smallest absolute Gasteiger partial charge is 0.337 e. The Bertz CT molecular complexity index is 294. The Morgan fingerprint density at radius 2 is 2.43 bits per heavy atom. The second-order valence-corrected chi connectivity index (χ2v) is 3.44. The van der Waals surface area contributed by atoms with Gasteiger partial charge >= 0.3 is 5.97 Å². The first-order chi connectivity index (χ1) is 6.74. The molecular formula is C10H12O4. The molecule has 2 rings (SSSR count). The predicted molar refractivity (Wildman–Crippen MR) is 47.9 cm³/mol. The molecule has 0 amide bonds. The largest absolute Gasteiger partial charge is 0.472 e. The van der Waals surface area contributed by atoms with E-state index < -0.39 is 6.29 Å². The molecule has 1 saturated heterocycles. The summed E-state index contributed by atoms with van der Waals surface area (Å²) in [6.07, 6.45) is 2.75. The molecule has 0 aliphatic carbocycles. The van der Waals surface area contributed by atoms with Crippen molar-refractivity contribution in [2.75, 3.05) is 6.61 Å². The van der Waals surface area contributed by atoms with Crippen LogP contribution in [0.4, 0.5) is 0 Å². The minimum absolute atomic E-state index is 0.0162. The molecule has 2 heterocycles. The van der Waals surface area contributed by atoms with Crippen molar-refractivity contribution in [1.29, 1.82) is 0 Å². The van der Waals surface area contributed by atoms with E-state index in [4.69, 9.17) is 9.47 Å². The normalized spacial score (nSPS) is 36.2. The monoisotopic (exact) mass is 196 g/mol. The highest BCUT2D eigenvalue weighted by Gasteiger charge is 2.39. The highest BCUT2D eigenvalue weighted by molar-refractivity contribution is 5.89. The second-order valence-electron chi connectivity index (χ2n) is 3.44. The summed E-state index contributed by atoms with van der Waals surface area (Å²) in [6, 6.07) is 0. The van der Waals surface area contributed by atoms with Gasteiger partial charge in [0, 0.05) is 11.8 Å². The maximum Gasteiger partial charge on any atom is 0.337 e. The molecule has 76 valence electrons. The number of hydrogen-bond acceptors (Lipinski definition) is 4. The van der Waals surface area contributed by atoms with Gasteiger partial charge in [0.25, 0.3) is 0 Å². The molecule has 0 radical (unpaired) electrons. The number of rotatable bonds is 1. The first-order valence-electron chi connectivity index (χ1n) is 4.57.